The lowest BCUT2D eigenvalue weighted by atomic mass is 10.3. The van der Waals surface area contributed by atoms with Crippen molar-refractivity contribution in [2.75, 3.05) is 18.7 Å². The highest BCUT2D eigenvalue weighted by Crippen LogP contribution is 2.23. The maximum absolute atomic E-state index is 6.10. The number of thioether (sulfide) groups is 1. The van der Waals surface area contributed by atoms with Crippen LogP contribution >= 0.6 is 23.1 Å². The molecule has 1 aromatic carbocycles. The third kappa shape index (κ3) is 4.92. The molecule has 2 N–H and O–H groups in total. The molecular formula is C19H20N6O3S2. The molecule has 30 heavy (non-hydrogen) atoms. The standard InChI is InChI=1S/C19H20N6O3S2/c1-26-13-5-2-6-14(11-13)27-12-16-22-23-19(25(16)20)30-10-4-8-17-21-18(24-28-17)15-7-3-9-29-15/h2-3,5-7,9,11H,4,8,10,12,20H2,1H3. The summed E-state index contributed by atoms with van der Waals surface area (Å²) < 4.78 is 17.7. The van der Waals surface area contributed by atoms with Gasteiger partial charge < -0.3 is 19.8 Å². The predicted octanol–water partition coefficient (Wildman–Crippen LogP) is 3.42. The van der Waals surface area contributed by atoms with Crippen molar-refractivity contribution in [3.05, 3.63) is 53.5 Å². The molecule has 0 radical (unpaired) electrons. The number of nitrogen functional groups attached to an aromatic ring is 1. The lowest BCUT2D eigenvalue weighted by molar-refractivity contribution is 0.289. The average molecular weight is 445 g/mol. The Bertz CT molecular complexity index is 1080. The molecule has 0 amide bonds. The van der Waals surface area contributed by atoms with Gasteiger partial charge in [-0.25, -0.2) is 4.68 Å². The Morgan fingerprint density at radius 1 is 1.20 bits per heavy atom. The number of methoxy groups -OCH3 is 1. The van der Waals surface area contributed by atoms with Crippen LogP contribution in [0.5, 0.6) is 11.5 Å². The first kappa shape index (κ1) is 20.2. The van der Waals surface area contributed by atoms with Gasteiger partial charge in [-0.3, -0.25) is 0 Å². The van der Waals surface area contributed by atoms with E-state index in [1.807, 2.05) is 35.7 Å². The van der Waals surface area contributed by atoms with Crippen molar-refractivity contribution in [1.82, 2.24) is 25.0 Å². The highest BCUT2D eigenvalue weighted by atomic mass is 32.2. The third-order valence-electron chi connectivity index (χ3n) is 4.12. The Morgan fingerprint density at radius 2 is 2.10 bits per heavy atom. The van der Waals surface area contributed by atoms with Gasteiger partial charge in [0.2, 0.25) is 16.9 Å². The summed E-state index contributed by atoms with van der Waals surface area (Å²) in [7, 11) is 1.61. The largest absolute Gasteiger partial charge is 0.497 e. The van der Waals surface area contributed by atoms with Crippen LogP contribution in [0.2, 0.25) is 0 Å². The minimum atomic E-state index is 0.213. The quantitative estimate of drug-likeness (QED) is 0.223. The van der Waals surface area contributed by atoms with Gasteiger partial charge >= 0.3 is 0 Å². The van der Waals surface area contributed by atoms with Crippen LogP contribution in [0.15, 0.2) is 51.5 Å². The van der Waals surface area contributed by atoms with Crippen LogP contribution in [0.4, 0.5) is 0 Å². The Kier molecular flexibility index (Phi) is 6.50. The Balaban J connectivity index is 1.24. The fourth-order valence-corrected chi connectivity index (χ4v) is 4.06. The van der Waals surface area contributed by atoms with Gasteiger partial charge in [-0.1, -0.05) is 29.1 Å². The molecule has 0 spiro atoms. The van der Waals surface area contributed by atoms with E-state index in [0.717, 1.165) is 22.8 Å². The van der Waals surface area contributed by atoms with Crippen molar-refractivity contribution in [3.8, 4) is 22.2 Å². The maximum Gasteiger partial charge on any atom is 0.227 e. The number of aromatic nitrogens is 5. The average Bonchev–Trinajstić information content (AvgIpc) is 3.52. The van der Waals surface area contributed by atoms with Crippen molar-refractivity contribution in [2.45, 2.75) is 24.6 Å². The molecule has 0 unspecified atom stereocenters. The van der Waals surface area contributed by atoms with Gasteiger partial charge in [0.1, 0.15) is 18.1 Å². The first-order valence-corrected chi connectivity index (χ1v) is 11.0. The summed E-state index contributed by atoms with van der Waals surface area (Å²) in [5.74, 6) is 10.1. The van der Waals surface area contributed by atoms with Crippen LogP contribution in [0.3, 0.4) is 0 Å². The molecule has 0 aliphatic carbocycles. The summed E-state index contributed by atoms with van der Waals surface area (Å²) in [4.78, 5) is 5.42. The molecular weight excluding hydrogens is 424 g/mol. The molecule has 11 heteroatoms. The van der Waals surface area contributed by atoms with Crippen LogP contribution in [0.1, 0.15) is 18.1 Å². The normalized spacial score (nSPS) is 11.0. The zero-order valence-electron chi connectivity index (χ0n) is 16.2. The fourth-order valence-electron chi connectivity index (χ4n) is 2.59. The SMILES string of the molecule is COc1cccc(OCc2nnc(SCCCc3nc(-c4cccs4)no3)n2N)c1. The molecule has 156 valence electrons. The van der Waals surface area contributed by atoms with Crippen molar-refractivity contribution in [3.63, 3.8) is 0 Å². The van der Waals surface area contributed by atoms with Gasteiger partial charge in [0.05, 0.1) is 12.0 Å². The van der Waals surface area contributed by atoms with E-state index in [0.29, 0.717) is 34.9 Å². The van der Waals surface area contributed by atoms with E-state index in [-0.39, 0.29) is 6.61 Å². The smallest absolute Gasteiger partial charge is 0.227 e. The molecule has 0 atom stereocenters. The number of nitrogens with zero attached hydrogens (tertiary/aromatic N) is 5. The Hall–Kier alpha value is -3.05. The number of aryl methyl sites for hydroxylation is 1. The number of hydrogen-bond donors (Lipinski definition) is 1. The van der Waals surface area contributed by atoms with Gasteiger partial charge in [0, 0.05) is 18.2 Å². The highest BCUT2D eigenvalue weighted by molar-refractivity contribution is 7.99. The molecule has 9 nitrogen and oxygen atoms in total. The first-order chi connectivity index (χ1) is 14.7. The van der Waals surface area contributed by atoms with Gasteiger partial charge in [0.15, 0.2) is 5.82 Å². The molecule has 0 aliphatic rings. The molecule has 0 fully saturated rings. The van der Waals surface area contributed by atoms with E-state index < -0.39 is 0 Å². The summed E-state index contributed by atoms with van der Waals surface area (Å²) in [6.45, 7) is 0.213. The van der Waals surface area contributed by atoms with Crippen molar-refractivity contribution in [2.24, 2.45) is 0 Å². The molecule has 0 saturated heterocycles. The maximum atomic E-state index is 6.10. The Morgan fingerprint density at radius 3 is 2.93 bits per heavy atom. The highest BCUT2D eigenvalue weighted by Gasteiger charge is 2.12. The minimum absolute atomic E-state index is 0.213. The number of rotatable bonds is 10. The lowest BCUT2D eigenvalue weighted by Gasteiger charge is -2.07. The molecule has 0 saturated carbocycles. The predicted molar refractivity (Wildman–Crippen MR) is 114 cm³/mol. The summed E-state index contributed by atoms with van der Waals surface area (Å²) >= 11 is 3.11. The number of benzene rings is 1. The van der Waals surface area contributed by atoms with Crippen molar-refractivity contribution in [1.29, 1.82) is 0 Å². The van der Waals surface area contributed by atoms with Gasteiger partial charge in [-0.05, 0) is 30.0 Å². The molecule has 3 heterocycles. The monoisotopic (exact) mass is 444 g/mol. The second-order valence-electron chi connectivity index (χ2n) is 6.18. The van der Waals surface area contributed by atoms with Crippen LogP contribution in [0.25, 0.3) is 10.7 Å². The number of thiophene rings is 1. The summed E-state index contributed by atoms with van der Waals surface area (Å²) in [6, 6.07) is 11.3. The number of nitrogens with two attached hydrogens (primary N) is 1. The number of hydrogen-bond acceptors (Lipinski definition) is 10. The molecule has 0 bridgehead atoms. The third-order valence-corrected chi connectivity index (χ3v) is 6.02. The van der Waals surface area contributed by atoms with Crippen LogP contribution in [-0.4, -0.2) is 37.9 Å². The summed E-state index contributed by atoms with van der Waals surface area (Å²) in [5, 5.41) is 14.9. The molecule has 3 aromatic heterocycles. The minimum Gasteiger partial charge on any atom is -0.497 e. The van der Waals surface area contributed by atoms with Crippen molar-refractivity contribution >= 4 is 23.1 Å². The van der Waals surface area contributed by atoms with E-state index >= 15 is 0 Å². The molecule has 4 rings (SSSR count). The van der Waals surface area contributed by atoms with E-state index in [1.54, 1.807) is 24.5 Å². The zero-order valence-corrected chi connectivity index (χ0v) is 17.9. The second-order valence-corrected chi connectivity index (χ2v) is 8.19. The van der Waals surface area contributed by atoms with Crippen LogP contribution in [0, 0.1) is 0 Å². The van der Waals surface area contributed by atoms with Crippen LogP contribution in [-0.2, 0) is 13.0 Å². The first-order valence-electron chi connectivity index (χ1n) is 9.18. The fraction of sp³-hybridized carbons (Fsp3) is 0.263. The van der Waals surface area contributed by atoms with Gasteiger partial charge in [0.25, 0.3) is 0 Å². The number of ether oxygens (including phenoxy) is 2. The van der Waals surface area contributed by atoms with Crippen LogP contribution < -0.4 is 15.3 Å². The molecule has 4 aromatic rings. The summed E-state index contributed by atoms with van der Waals surface area (Å²) in [6.07, 6.45) is 1.54. The Labute approximate surface area is 181 Å². The van der Waals surface area contributed by atoms with E-state index in [9.17, 15) is 0 Å². The van der Waals surface area contributed by atoms with E-state index in [4.69, 9.17) is 19.8 Å². The van der Waals surface area contributed by atoms with E-state index in [2.05, 4.69) is 20.3 Å². The summed E-state index contributed by atoms with van der Waals surface area (Å²) in [5.41, 5.74) is 0. The molecule has 0 aliphatic heterocycles. The van der Waals surface area contributed by atoms with E-state index in [1.165, 1.54) is 16.4 Å². The topological polar surface area (TPSA) is 114 Å². The van der Waals surface area contributed by atoms with Gasteiger partial charge in [-0.2, -0.15) is 4.98 Å². The zero-order chi connectivity index (χ0) is 20.8. The lowest BCUT2D eigenvalue weighted by Crippen LogP contribution is -2.15. The second kappa shape index (κ2) is 9.63. The van der Waals surface area contributed by atoms with Crippen molar-refractivity contribution < 1.29 is 14.0 Å². The van der Waals surface area contributed by atoms with Gasteiger partial charge in [-0.15, -0.1) is 21.5 Å².